The highest BCUT2D eigenvalue weighted by Gasteiger charge is 2.75. The van der Waals surface area contributed by atoms with Crippen LogP contribution in [0.1, 0.15) is 106 Å². The van der Waals surface area contributed by atoms with Crippen molar-refractivity contribution in [2.45, 2.75) is 124 Å². The van der Waals surface area contributed by atoms with Crippen LogP contribution in [0.2, 0.25) is 0 Å². The van der Waals surface area contributed by atoms with Crippen LogP contribution < -0.4 is 0 Å². The molecule has 11 atom stereocenters. The average molecular weight is 477 g/mol. The van der Waals surface area contributed by atoms with Gasteiger partial charge in [-0.15, -0.1) is 0 Å². The molecule has 5 fully saturated rings. The first-order valence-corrected chi connectivity index (χ1v) is 14.3. The zero-order chi connectivity index (χ0) is 25.1. The lowest BCUT2D eigenvalue weighted by Crippen LogP contribution is -2.73. The van der Waals surface area contributed by atoms with Crippen LogP contribution in [0.15, 0.2) is 0 Å². The van der Waals surface area contributed by atoms with Crippen LogP contribution in [0.25, 0.3) is 0 Å². The molecule has 5 saturated carbocycles. The van der Waals surface area contributed by atoms with E-state index in [0.717, 1.165) is 51.4 Å². The van der Waals surface area contributed by atoms with Crippen LogP contribution in [0.3, 0.4) is 0 Å². The number of hydrogen-bond donors (Lipinski definition) is 4. The van der Waals surface area contributed by atoms with E-state index in [2.05, 4.69) is 34.6 Å². The quantitative estimate of drug-likeness (QED) is 0.444. The summed E-state index contributed by atoms with van der Waals surface area (Å²) in [6.45, 7) is 15.8. The van der Waals surface area contributed by atoms with Crippen molar-refractivity contribution in [1.82, 2.24) is 0 Å². The van der Waals surface area contributed by atoms with Crippen molar-refractivity contribution in [3.8, 4) is 0 Å². The first-order chi connectivity index (χ1) is 15.6. The van der Waals surface area contributed by atoms with Gasteiger partial charge in [0.15, 0.2) is 0 Å². The Morgan fingerprint density at radius 2 is 1.50 bits per heavy atom. The van der Waals surface area contributed by atoms with Gasteiger partial charge in [-0.3, -0.25) is 0 Å². The van der Waals surface area contributed by atoms with Crippen molar-refractivity contribution in [3.63, 3.8) is 0 Å². The van der Waals surface area contributed by atoms with Gasteiger partial charge in [0.2, 0.25) is 0 Å². The first-order valence-electron chi connectivity index (χ1n) is 14.3. The van der Waals surface area contributed by atoms with E-state index in [4.69, 9.17) is 0 Å². The zero-order valence-corrected chi connectivity index (χ0v) is 22.9. The van der Waals surface area contributed by atoms with Crippen LogP contribution in [-0.4, -0.2) is 44.8 Å². The maximum atomic E-state index is 12.0. The van der Waals surface area contributed by atoms with Gasteiger partial charge in [-0.25, -0.2) is 0 Å². The molecule has 0 spiro atoms. The second-order valence-corrected chi connectivity index (χ2v) is 15.6. The van der Waals surface area contributed by atoms with E-state index in [0.29, 0.717) is 12.3 Å². The lowest BCUT2D eigenvalue weighted by Gasteiger charge is -2.74. The molecule has 5 rings (SSSR count). The lowest BCUT2D eigenvalue weighted by atomic mass is 9.30. The summed E-state index contributed by atoms with van der Waals surface area (Å²) in [4.78, 5) is 0. The third-order valence-corrected chi connectivity index (χ3v) is 13.4. The maximum absolute atomic E-state index is 12.0. The Bertz CT molecular complexity index is 817. The number of aliphatic hydroxyl groups is 4. The van der Waals surface area contributed by atoms with Crippen molar-refractivity contribution < 1.29 is 20.4 Å². The van der Waals surface area contributed by atoms with E-state index in [1.54, 1.807) is 0 Å². The van der Waals surface area contributed by atoms with Crippen LogP contribution >= 0.6 is 0 Å². The normalized spacial score (nSPS) is 56.7. The third kappa shape index (κ3) is 2.98. The SMILES string of the molecule is CC(C)(O)C1CCC2(C)C1CCC1(CO)C2CC(O)C2C3(C)CCCC(C)(C)C3C(O)CC21C. The van der Waals surface area contributed by atoms with Crippen LogP contribution in [0.5, 0.6) is 0 Å². The monoisotopic (exact) mass is 476 g/mol. The van der Waals surface area contributed by atoms with E-state index < -0.39 is 17.8 Å². The minimum absolute atomic E-state index is 0.00908. The molecule has 196 valence electrons. The second-order valence-electron chi connectivity index (χ2n) is 15.6. The summed E-state index contributed by atoms with van der Waals surface area (Å²) >= 11 is 0. The second kappa shape index (κ2) is 7.45. The molecule has 4 N–H and O–H groups in total. The van der Waals surface area contributed by atoms with Gasteiger partial charge in [0.05, 0.1) is 17.8 Å². The molecule has 0 saturated heterocycles. The fourth-order valence-electron chi connectivity index (χ4n) is 12.5. The van der Waals surface area contributed by atoms with Crippen LogP contribution in [-0.2, 0) is 0 Å². The summed E-state index contributed by atoms with van der Waals surface area (Å²) in [5.41, 5.74) is -1.34. The summed E-state index contributed by atoms with van der Waals surface area (Å²) < 4.78 is 0. The molecule has 4 nitrogen and oxygen atoms in total. The molecular formula is C30H52O4. The Kier molecular flexibility index (Phi) is 5.59. The van der Waals surface area contributed by atoms with Crippen molar-refractivity contribution in [2.24, 2.45) is 56.7 Å². The van der Waals surface area contributed by atoms with Gasteiger partial charge < -0.3 is 20.4 Å². The number of hydrogen-bond acceptors (Lipinski definition) is 4. The predicted molar refractivity (Wildman–Crippen MR) is 135 cm³/mol. The van der Waals surface area contributed by atoms with Crippen LogP contribution in [0.4, 0.5) is 0 Å². The highest BCUT2D eigenvalue weighted by atomic mass is 16.3. The molecule has 0 heterocycles. The standard InChI is InChI=1S/C30H52O4/c1-25(2)11-8-12-28(6)23(25)21(33)16-29(7)24(28)20(32)15-22-27(5)13-9-18(26(3,4)34)19(27)10-14-30(22,29)17-31/h18-24,31-34H,8-17H2,1-7H3. The van der Waals surface area contributed by atoms with Gasteiger partial charge in [0, 0.05) is 12.0 Å². The molecule has 5 aliphatic rings. The Balaban J connectivity index is 1.62. The maximum Gasteiger partial charge on any atom is 0.0622 e. The molecule has 0 aliphatic heterocycles. The first kappa shape index (κ1) is 25.5. The van der Waals surface area contributed by atoms with E-state index in [1.165, 1.54) is 0 Å². The summed E-state index contributed by atoms with van der Waals surface area (Å²) in [5.74, 6) is 1.20. The van der Waals surface area contributed by atoms with E-state index in [9.17, 15) is 20.4 Å². The fraction of sp³-hybridized carbons (Fsp3) is 1.00. The number of aliphatic hydroxyl groups excluding tert-OH is 3. The van der Waals surface area contributed by atoms with Crippen molar-refractivity contribution in [1.29, 1.82) is 0 Å². The Labute approximate surface area is 207 Å². The molecule has 5 aliphatic carbocycles. The van der Waals surface area contributed by atoms with Crippen molar-refractivity contribution >= 4 is 0 Å². The summed E-state index contributed by atoms with van der Waals surface area (Å²) in [6.07, 6.45) is 8.04. The molecule has 34 heavy (non-hydrogen) atoms. The van der Waals surface area contributed by atoms with Gasteiger partial charge in [0.1, 0.15) is 0 Å². The molecular weight excluding hydrogens is 424 g/mol. The summed E-state index contributed by atoms with van der Waals surface area (Å²) in [7, 11) is 0. The summed E-state index contributed by atoms with van der Waals surface area (Å²) in [5, 5.41) is 46.1. The third-order valence-electron chi connectivity index (χ3n) is 13.4. The highest BCUT2D eigenvalue weighted by Crippen LogP contribution is 2.78. The molecule has 4 heteroatoms. The van der Waals surface area contributed by atoms with Gasteiger partial charge in [0.25, 0.3) is 0 Å². The fourth-order valence-corrected chi connectivity index (χ4v) is 12.5. The molecule has 0 aromatic heterocycles. The van der Waals surface area contributed by atoms with E-state index >= 15 is 0 Å². The van der Waals surface area contributed by atoms with E-state index in [1.807, 2.05) is 13.8 Å². The van der Waals surface area contributed by atoms with Gasteiger partial charge in [-0.05, 0) is 116 Å². The number of fused-ring (bicyclic) bond motifs is 7. The van der Waals surface area contributed by atoms with Gasteiger partial charge in [-0.1, -0.05) is 41.0 Å². The average Bonchev–Trinajstić information content (AvgIpc) is 3.04. The summed E-state index contributed by atoms with van der Waals surface area (Å²) in [6, 6.07) is 0. The Morgan fingerprint density at radius 1 is 0.824 bits per heavy atom. The molecule has 0 bridgehead atoms. The molecule has 0 aromatic carbocycles. The smallest absolute Gasteiger partial charge is 0.0622 e. The molecule has 0 aromatic rings. The van der Waals surface area contributed by atoms with Crippen molar-refractivity contribution in [3.05, 3.63) is 0 Å². The van der Waals surface area contributed by atoms with Gasteiger partial charge >= 0.3 is 0 Å². The van der Waals surface area contributed by atoms with E-state index in [-0.39, 0.29) is 57.4 Å². The molecule has 11 unspecified atom stereocenters. The van der Waals surface area contributed by atoms with Gasteiger partial charge in [-0.2, -0.15) is 0 Å². The molecule has 0 radical (unpaired) electrons. The van der Waals surface area contributed by atoms with Crippen molar-refractivity contribution in [2.75, 3.05) is 6.61 Å². The Hall–Kier alpha value is -0.160. The zero-order valence-electron chi connectivity index (χ0n) is 22.9. The highest BCUT2D eigenvalue weighted by molar-refractivity contribution is 5.23. The molecule has 0 amide bonds. The largest absolute Gasteiger partial charge is 0.396 e. The minimum atomic E-state index is -0.698. The predicted octanol–water partition coefficient (Wildman–Crippen LogP) is 5.16. The lowest BCUT2D eigenvalue weighted by molar-refractivity contribution is -0.305. The number of rotatable bonds is 2. The topological polar surface area (TPSA) is 80.9 Å². The Morgan fingerprint density at radius 3 is 2.12 bits per heavy atom. The van der Waals surface area contributed by atoms with Crippen LogP contribution in [0, 0.1) is 56.7 Å². The minimum Gasteiger partial charge on any atom is -0.396 e.